The number of aromatic hydroxyl groups is 2. The lowest BCUT2D eigenvalue weighted by molar-refractivity contribution is 0.206. The maximum atomic E-state index is 9.91. The number of hydrogen-bond acceptors (Lipinski definition) is 4. The third-order valence-corrected chi connectivity index (χ3v) is 6.15. The topological polar surface area (TPSA) is 78.8 Å². The van der Waals surface area contributed by atoms with E-state index in [0.29, 0.717) is 17.4 Å². The Kier molecular flexibility index (Phi) is 3.91. The van der Waals surface area contributed by atoms with Gasteiger partial charge in [-0.25, -0.2) is 0 Å². The number of phenols is 2. The fraction of sp³-hybridized carbons (Fsp3) is 0.381. The van der Waals surface area contributed by atoms with Gasteiger partial charge in [0.15, 0.2) is 0 Å². The predicted molar refractivity (Wildman–Crippen MR) is 98.9 cm³/mol. The van der Waals surface area contributed by atoms with Crippen LogP contribution >= 0.6 is 0 Å². The van der Waals surface area contributed by atoms with Crippen LogP contribution in [-0.2, 0) is 18.3 Å². The van der Waals surface area contributed by atoms with Crippen LogP contribution in [0.3, 0.4) is 0 Å². The van der Waals surface area contributed by atoms with Crippen molar-refractivity contribution >= 4 is 5.71 Å². The van der Waals surface area contributed by atoms with E-state index in [1.807, 2.05) is 24.3 Å². The lowest BCUT2D eigenvalue weighted by Crippen LogP contribution is -2.46. The number of hydrazone groups is 1. The number of hydrogen-bond donors (Lipinski definition) is 3. The highest BCUT2D eigenvalue weighted by Crippen LogP contribution is 2.51. The first kappa shape index (κ1) is 16.0. The van der Waals surface area contributed by atoms with Gasteiger partial charge in [0.1, 0.15) is 11.5 Å². The van der Waals surface area contributed by atoms with Gasteiger partial charge in [-0.2, -0.15) is 5.10 Å². The summed E-state index contributed by atoms with van der Waals surface area (Å²) in [5, 5.41) is 23.5. The minimum Gasteiger partial charge on any atom is -0.508 e. The molecule has 0 aliphatic heterocycles. The molecule has 4 rings (SSSR count). The summed E-state index contributed by atoms with van der Waals surface area (Å²) in [6.45, 7) is 0. The molecule has 130 valence electrons. The van der Waals surface area contributed by atoms with Crippen molar-refractivity contribution in [3.63, 3.8) is 0 Å². The number of benzene rings is 2. The summed E-state index contributed by atoms with van der Waals surface area (Å²) in [5.74, 6) is 6.73. The van der Waals surface area contributed by atoms with Gasteiger partial charge in [-0.15, -0.1) is 0 Å². The van der Waals surface area contributed by atoms with Gasteiger partial charge < -0.3 is 16.1 Å². The van der Waals surface area contributed by atoms with E-state index >= 15 is 0 Å². The maximum Gasteiger partial charge on any atom is 0.115 e. The maximum absolute atomic E-state index is 9.91. The van der Waals surface area contributed by atoms with Gasteiger partial charge in [-0.1, -0.05) is 18.2 Å². The van der Waals surface area contributed by atoms with Crippen LogP contribution in [0, 0.1) is 5.92 Å². The van der Waals surface area contributed by atoms with E-state index in [1.165, 1.54) is 16.7 Å². The fourth-order valence-electron chi connectivity index (χ4n) is 4.91. The van der Waals surface area contributed by atoms with Crippen molar-refractivity contribution in [3.05, 3.63) is 59.2 Å². The SMILES string of the molecule is NN=C1CC[C@@]2(Cc3ccc(O)cc3)c3ccc(O)cc3CC[C@@H]2C1. The summed E-state index contributed by atoms with van der Waals surface area (Å²) in [6, 6.07) is 13.4. The quantitative estimate of drug-likeness (QED) is 0.579. The van der Waals surface area contributed by atoms with E-state index < -0.39 is 0 Å². The van der Waals surface area contributed by atoms with Crippen molar-refractivity contribution < 1.29 is 10.2 Å². The van der Waals surface area contributed by atoms with Gasteiger partial charge in [0.05, 0.1) is 0 Å². The van der Waals surface area contributed by atoms with Crippen molar-refractivity contribution in [3.8, 4) is 11.5 Å². The number of nitrogens with two attached hydrogens (primary N) is 1. The molecule has 0 spiro atoms. The van der Waals surface area contributed by atoms with Crippen LogP contribution in [0.15, 0.2) is 47.6 Å². The van der Waals surface area contributed by atoms with Crippen molar-refractivity contribution in [2.24, 2.45) is 16.9 Å². The van der Waals surface area contributed by atoms with E-state index in [-0.39, 0.29) is 5.41 Å². The summed E-state index contributed by atoms with van der Waals surface area (Å²) in [4.78, 5) is 0. The molecule has 0 heterocycles. The van der Waals surface area contributed by atoms with E-state index in [9.17, 15) is 10.2 Å². The molecule has 0 aromatic heterocycles. The molecule has 4 heteroatoms. The van der Waals surface area contributed by atoms with Crippen molar-refractivity contribution in [1.82, 2.24) is 0 Å². The van der Waals surface area contributed by atoms with Crippen LogP contribution in [0.25, 0.3) is 0 Å². The number of aryl methyl sites for hydroxylation is 1. The summed E-state index contributed by atoms with van der Waals surface area (Å²) in [6.07, 6.45) is 5.91. The third-order valence-electron chi connectivity index (χ3n) is 6.15. The van der Waals surface area contributed by atoms with Gasteiger partial charge in [-0.05, 0) is 85.4 Å². The molecular formula is C21H24N2O2. The number of fused-ring (bicyclic) bond motifs is 3. The summed E-state index contributed by atoms with van der Waals surface area (Å²) >= 11 is 0. The van der Waals surface area contributed by atoms with Gasteiger partial charge in [0.2, 0.25) is 0 Å². The van der Waals surface area contributed by atoms with Gasteiger partial charge in [-0.3, -0.25) is 0 Å². The molecule has 25 heavy (non-hydrogen) atoms. The average molecular weight is 336 g/mol. The molecule has 1 fully saturated rings. The molecule has 4 N–H and O–H groups in total. The third kappa shape index (κ3) is 2.76. The molecule has 0 saturated heterocycles. The minimum absolute atomic E-state index is 0.0481. The first-order valence-electron chi connectivity index (χ1n) is 8.96. The second-order valence-corrected chi connectivity index (χ2v) is 7.48. The zero-order chi connectivity index (χ0) is 17.4. The second-order valence-electron chi connectivity index (χ2n) is 7.48. The normalized spacial score (nSPS) is 26.9. The average Bonchev–Trinajstić information content (AvgIpc) is 2.63. The van der Waals surface area contributed by atoms with Gasteiger partial charge >= 0.3 is 0 Å². The van der Waals surface area contributed by atoms with E-state index in [1.54, 1.807) is 12.1 Å². The molecule has 0 unspecified atom stereocenters. The summed E-state index contributed by atoms with van der Waals surface area (Å²) in [5.41, 5.74) is 5.03. The number of rotatable bonds is 2. The van der Waals surface area contributed by atoms with Gasteiger partial charge in [0.25, 0.3) is 0 Å². The Hall–Kier alpha value is -2.49. The molecule has 0 radical (unpaired) electrons. The van der Waals surface area contributed by atoms with Gasteiger partial charge in [0, 0.05) is 11.1 Å². The molecule has 2 aromatic carbocycles. The van der Waals surface area contributed by atoms with Crippen LogP contribution in [-0.4, -0.2) is 15.9 Å². The van der Waals surface area contributed by atoms with Crippen molar-refractivity contribution in [1.29, 1.82) is 0 Å². The lowest BCUT2D eigenvalue weighted by Gasteiger charge is -2.49. The first-order valence-corrected chi connectivity index (χ1v) is 8.96. The highest BCUT2D eigenvalue weighted by atomic mass is 16.3. The minimum atomic E-state index is 0.0481. The van der Waals surface area contributed by atoms with E-state index in [2.05, 4.69) is 11.2 Å². The highest BCUT2D eigenvalue weighted by Gasteiger charge is 2.46. The number of phenolic OH excluding ortho intramolecular Hbond substituents is 2. The van der Waals surface area contributed by atoms with Crippen LogP contribution in [0.2, 0.25) is 0 Å². The van der Waals surface area contributed by atoms with Crippen LogP contribution in [0.4, 0.5) is 0 Å². The molecule has 0 bridgehead atoms. The molecule has 0 amide bonds. The van der Waals surface area contributed by atoms with Crippen molar-refractivity contribution in [2.75, 3.05) is 0 Å². The van der Waals surface area contributed by atoms with Crippen LogP contribution in [0.1, 0.15) is 42.4 Å². The Morgan fingerprint density at radius 1 is 1.04 bits per heavy atom. The monoisotopic (exact) mass is 336 g/mol. The zero-order valence-electron chi connectivity index (χ0n) is 14.3. The second kappa shape index (κ2) is 6.10. The zero-order valence-corrected chi connectivity index (χ0v) is 14.3. The molecule has 2 atom stereocenters. The smallest absolute Gasteiger partial charge is 0.115 e. The molecule has 2 aliphatic rings. The summed E-state index contributed by atoms with van der Waals surface area (Å²) < 4.78 is 0. The van der Waals surface area contributed by atoms with E-state index in [0.717, 1.165) is 44.2 Å². The Labute approximate surface area is 148 Å². The Balaban J connectivity index is 1.79. The molecular weight excluding hydrogens is 312 g/mol. The Bertz CT molecular complexity index is 813. The van der Waals surface area contributed by atoms with Crippen LogP contribution < -0.4 is 5.84 Å². The molecule has 1 saturated carbocycles. The molecule has 4 nitrogen and oxygen atoms in total. The lowest BCUT2D eigenvalue weighted by atomic mass is 9.55. The van der Waals surface area contributed by atoms with Crippen molar-refractivity contribution in [2.45, 2.75) is 43.9 Å². The summed E-state index contributed by atoms with van der Waals surface area (Å²) in [7, 11) is 0. The predicted octanol–water partition coefficient (Wildman–Crippen LogP) is 3.64. The Morgan fingerprint density at radius 2 is 1.80 bits per heavy atom. The standard InChI is InChI=1S/C21H24N2O2/c22-23-17-9-10-21(13-14-1-5-18(24)6-2-14)16(12-17)4-3-15-11-19(25)7-8-20(15)21/h1-2,5-8,11,16,24-25H,3-4,9-10,12-13,22H2/t16-,21+/m1/s1. The molecule has 2 aromatic rings. The molecule has 2 aliphatic carbocycles. The van der Waals surface area contributed by atoms with E-state index in [4.69, 9.17) is 5.84 Å². The number of nitrogens with zero attached hydrogens (tertiary/aromatic N) is 1. The first-order chi connectivity index (χ1) is 12.1. The fourth-order valence-corrected chi connectivity index (χ4v) is 4.91. The highest BCUT2D eigenvalue weighted by molar-refractivity contribution is 5.86. The van der Waals surface area contributed by atoms with Crippen LogP contribution in [0.5, 0.6) is 11.5 Å². The Morgan fingerprint density at radius 3 is 2.56 bits per heavy atom. The largest absolute Gasteiger partial charge is 0.508 e.